The Morgan fingerprint density at radius 2 is 1.74 bits per heavy atom. The number of hydrogen-bond donors (Lipinski definition) is 2. The molecule has 1 aliphatic carbocycles. The van der Waals surface area contributed by atoms with Gasteiger partial charge in [0.2, 0.25) is 10.0 Å². The Morgan fingerprint density at radius 3 is 2.42 bits per heavy atom. The average molecular weight is 469 g/mol. The van der Waals surface area contributed by atoms with Crippen molar-refractivity contribution in [1.82, 2.24) is 14.9 Å². The largest absolute Gasteiger partial charge is 0.338 e. The second kappa shape index (κ2) is 13.3. The first-order valence-electron chi connectivity index (χ1n) is 10.6. The van der Waals surface area contributed by atoms with Gasteiger partial charge in [-0.15, -0.1) is 0 Å². The van der Waals surface area contributed by atoms with Crippen LogP contribution in [0, 0.1) is 26.8 Å². The highest BCUT2D eigenvalue weighted by atomic mass is 35.5. The minimum absolute atomic E-state index is 0. The van der Waals surface area contributed by atoms with Gasteiger partial charge in [0.15, 0.2) is 0 Å². The number of piperidine rings is 1. The fourth-order valence-electron chi connectivity index (χ4n) is 4.09. The van der Waals surface area contributed by atoms with Crippen molar-refractivity contribution in [1.29, 1.82) is 0 Å². The molecule has 1 saturated carbocycles. The van der Waals surface area contributed by atoms with Gasteiger partial charge in [-0.1, -0.05) is 64.6 Å². The molecule has 1 atom stereocenters. The Kier molecular flexibility index (Phi) is 11.9. The monoisotopic (exact) mass is 468 g/mol. The molecule has 5 radical (unpaired) electrons. The van der Waals surface area contributed by atoms with Crippen molar-refractivity contribution in [3.63, 3.8) is 0 Å². The molecule has 1 heterocycles. The molecule has 1 aromatic rings. The SMILES string of the molecule is O=C(NCC1CCCN(S(=O)(=O)c2cccc(Cl)c2)C1)N[C]1CCCCCCC1.[CH2].[CH2]. The van der Waals surface area contributed by atoms with E-state index in [2.05, 4.69) is 10.6 Å². The molecule has 1 saturated heterocycles. The average Bonchev–Trinajstić information content (AvgIpc) is 2.68. The molecule has 2 amide bonds. The first-order valence-corrected chi connectivity index (χ1v) is 12.4. The number of amides is 2. The van der Waals surface area contributed by atoms with E-state index in [1.165, 1.54) is 29.6 Å². The summed E-state index contributed by atoms with van der Waals surface area (Å²) >= 11 is 5.96. The van der Waals surface area contributed by atoms with E-state index in [0.717, 1.165) is 44.6 Å². The minimum atomic E-state index is -3.57. The number of carbonyl (C=O) groups is 1. The third-order valence-corrected chi connectivity index (χ3v) is 7.81. The molecule has 173 valence electrons. The van der Waals surface area contributed by atoms with Gasteiger partial charge in [-0.3, -0.25) is 0 Å². The van der Waals surface area contributed by atoms with Crippen molar-refractivity contribution in [2.75, 3.05) is 19.6 Å². The molecule has 8 heteroatoms. The first kappa shape index (κ1) is 27.7. The molecule has 1 aliphatic heterocycles. The van der Waals surface area contributed by atoms with Crippen molar-refractivity contribution in [3.8, 4) is 0 Å². The predicted molar refractivity (Wildman–Crippen MR) is 126 cm³/mol. The second-order valence-electron chi connectivity index (χ2n) is 8.04. The summed E-state index contributed by atoms with van der Waals surface area (Å²) in [6, 6.07) is 7.32. The Hall–Kier alpha value is -1.31. The van der Waals surface area contributed by atoms with Crippen LogP contribution in [-0.2, 0) is 10.0 Å². The molecule has 0 aromatic heterocycles. The van der Waals surface area contributed by atoms with E-state index in [4.69, 9.17) is 11.6 Å². The lowest BCUT2D eigenvalue weighted by molar-refractivity contribution is 0.229. The quantitative estimate of drug-likeness (QED) is 0.640. The Balaban J connectivity index is 0.00000240. The van der Waals surface area contributed by atoms with Gasteiger partial charge >= 0.3 is 6.03 Å². The van der Waals surface area contributed by atoms with Crippen molar-refractivity contribution >= 4 is 27.7 Å². The molecule has 31 heavy (non-hydrogen) atoms. The molecule has 2 aliphatic rings. The molecule has 3 rings (SSSR count). The molecule has 2 fully saturated rings. The standard InChI is InChI=1S/C21H31ClN3O3S.2CH2/c22-18-9-6-12-20(14-18)29(27,28)25-13-7-8-17(16-25)15-23-21(26)24-19-10-4-2-1-3-5-11-19;;/h6,9,12,14,17H,1-5,7-8,10-11,13,15-16H2,(H2,23,24,26);2*1H2. The lowest BCUT2D eigenvalue weighted by atomic mass is 9.97. The highest BCUT2D eigenvalue weighted by Gasteiger charge is 2.30. The van der Waals surface area contributed by atoms with Gasteiger partial charge in [-0.2, -0.15) is 4.31 Å². The van der Waals surface area contributed by atoms with Crippen LogP contribution in [0.4, 0.5) is 4.79 Å². The van der Waals surface area contributed by atoms with E-state index in [-0.39, 0.29) is 31.7 Å². The molecule has 0 bridgehead atoms. The van der Waals surface area contributed by atoms with Gasteiger partial charge in [-0.05, 0) is 49.8 Å². The molecule has 6 nitrogen and oxygen atoms in total. The number of hydrogen-bond acceptors (Lipinski definition) is 3. The topological polar surface area (TPSA) is 78.5 Å². The van der Waals surface area contributed by atoms with Crippen LogP contribution in [0.1, 0.15) is 57.8 Å². The highest BCUT2D eigenvalue weighted by Crippen LogP contribution is 2.25. The number of halogens is 1. The van der Waals surface area contributed by atoms with Crippen molar-refractivity contribution in [2.45, 2.75) is 62.7 Å². The number of nitrogens with zero attached hydrogens (tertiary/aromatic N) is 1. The summed E-state index contributed by atoms with van der Waals surface area (Å²) < 4.78 is 27.3. The smallest absolute Gasteiger partial charge is 0.315 e. The Morgan fingerprint density at radius 1 is 1.06 bits per heavy atom. The van der Waals surface area contributed by atoms with Crippen LogP contribution in [0.2, 0.25) is 5.02 Å². The minimum Gasteiger partial charge on any atom is -0.338 e. The van der Waals surface area contributed by atoms with Crippen LogP contribution >= 0.6 is 11.6 Å². The van der Waals surface area contributed by atoms with E-state index < -0.39 is 10.0 Å². The summed E-state index contributed by atoms with van der Waals surface area (Å²) in [5, 5.41) is 6.37. The van der Waals surface area contributed by atoms with Crippen LogP contribution in [0.5, 0.6) is 0 Å². The van der Waals surface area contributed by atoms with E-state index >= 15 is 0 Å². The van der Waals surface area contributed by atoms with Gasteiger partial charge in [0.25, 0.3) is 0 Å². The summed E-state index contributed by atoms with van der Waals surface area (Å²) in [5.74, 6) is 0.103. The zero-order chi connectivity index (χ0) is 20.7. The summed E-state index contributed by atoms with van der Waals surface area (Å²) in [5.41, 5.74) is 0. The lowest BCUT2D eigenvalue weighted by Gasteiger charge is -2.32. The van der Waals surface area contributed by atoms with Gasteiger partial charge in [0, 0.05) is 24.7 Å². The molecule has 2 N–H and O–H groups in total. The van der Waals surface area contributed by atoms with Crippen LogP contribution in [0.25, 0.3) is 0 Å². The van der Waals surface area contributed by atoms with Crippen LogP contribution in [-0.4, -0.2) is 38.4 Å². The Labute approximate surface area is 194 Å². The summed E-state index contributed by atoms with van der Waals surface area (Å²) in [6.45, 7) is 1.38. The van der Waals surface area contributed by atoms with Gasteiger partial charge in [-0.25, -0.2) is 13.2 Å². The van der Waals surface area contributed by atoms with Gasteiger partial charge in [0.05, 0.1) is 10.9 Å². The maximum atomic E-state index is 12.9. The fourth-order valence-corrected chi connectivity index (χ4v) is 5.94. The van der Waals surface area contributed by atoms with E-state index in [0.29, 0.717) is 24.7 Å². The highest BCUT2D eigenvalue weighted by molar-refractivity contribution is 7.89. The van der Waals surface area contributed by atoms with Gasteiger partial charge < -0.3 is 10.6 Å². The van der Waals surface area contributed by atoms with Crippen LogP contribution in [0.3, 0.4) is 0 Å². The molecule has 1 aromatic carbocycles. The molecule has 0 spiro atoms. The summed E-state index contributed by atoms with van der Waals surface area (Å²) in [6.07, 6.45) is 9.62. The lowest BCUT2D eigenvalue weighted by Crippen LogP contribution is -2.46. The zero-order valence-electron chi connectivity index (χ0n) is 18.2. The van der Waals surface area contributed by atoms with E-state index in [1.807, 2.05) is 0 Å². The van der Waals surface area contributed by atoms with Crippen molar-refractivity contribution in [3.05, 3.63) is 50.2 Å². The third-order valence-electron chi connectivity index (χ3n) is 5.71. The van der Waals surface area contributed by atoms with Crippen molar-refractivity contribution < 1.29 is 13.2 Å². The third kappa shape index (κ3) is 8.28. The first-order chi connectivity index (χ1) is 13.9. The molecular weight excluding hydrogens is 434 g/mol. The Bertz CT molecular complexity index is 780. The van der Waals surface area contributed by atoms with Crippen LogP contribution < -0.4 is 10.6 Å². The number of benzene rings is 1. The van der Waals surface area contributed by atoms with E-state index in [1.54, 1.807) is 18.2 Å². The molecule has 1 unspecified atom stereocenters. The summed E-state index contributed by atoms with van der Waals surface area (Å²) in [4.78, 5) is 12.5. The predicted octanol–water partition coefficient (Wildman–Crippen LogP) is 4.97. The summed E-state index contributed by atoms with van der Waals surface area (Å²) in [7, 11) is -3.57. The maximum Gasteiger partial charge on any atom is 0.315 e. The second-order valence-corrected chi connectivity index (χ2v) is 10.4. The number of rotatable bonds is 5. The molecular formula is C23H35ClN3O3S. The normalized spacial score (nSPS) is 21.0. The number of carbonyl (C=O) groups excluding carboxylic acids is 1. The van der Waals surface area contributed by atoms with Gasteiger partial charge in [0.1, 0.15) is 0 Å². The fraction of sp³-hybridized carbons (Fsp3) is 0.565. The van der Waals surface area contributed by atoms with Crippen molar-refractivity contribution in [2.24, 2.45) is 5.92 Å². The zero-order valence-corrected chi connectivity index (χ0v) is 19.8. The number of sulfonamides is 1. The number of nitrogens with one attached hydrogen (secondary N) is 2. The van der Waals surface area contributed by atoms with Crippen LogP contribution in [0.15, 0.2) is 29.2 Å². The van der Waals surface area contributed by atoms with E-state index in [9.17, 15) is 13.2 Å². The maximum absolute atomic E-state index is 12.9. The number of urea groups is 1.